The molecule has 3 aromatic carbocycles. The lowest BCUT2D eigenvalue weighted by Gasteiger charge is -2.36. The molecule has 2 heterocycles. The Morgan fingerprint density at radius 1 is 0.871 bits per heavy atom. The molecular weight excluding hydrogens is 382 g/mol. The first kappa shape index (κ1) is 19.3. The number of aromatic nitrogens is 2. The van der Waals surface area contributed by atoms with Crippen molar-refractivity contribution in [3.05, 3.63) is 84.1 Å². The first-order valence-electron chi connectivity index (χ1n) is 10.9. The maximum Gasteiger partial charge on any atom is 0.0998 e. The molecule has 1 fully saturated rings. The van der Waals surface area contributed by atoms with Crippen molar-refractivity contribution in [2.24, 2.45) is 0 Å². The number of nitrogens with zero attached hydrogens (tertiary/aromatic N) is 4. The van der Waals surface area contributed by atoms with Crippen LogP contribution in [0.15, 0.2) is 72.9 Å². The summed E-state index contributed by atoms with van der Waals surface area (Å²) in [5, 5.41) is 24.2. The van der Waals surface area contributed by atoms with Crippen LogP contribution in [0.4, 0.5) is 5.69 Å². The molecule has 0 atom stereocenters. The molecule has 0 spiro atoms. The van der Waals surface area contributed by atoms with Gasteiger partial charge in [-0.3, -0.25) is 5.10 Å². The summed E-state index contributed by atoms with van der Waals surface area (Å²) < 4.78 is 0. The molecule has 0 bridgehead atoms. The molecule has 31 heavy (non-hydrogen) atoms. The van der Waals surface area contributed by atoms with Gasteiger partial charge in [-0.05, 0) is 25.0 Å². The lowest BCUT2D eigenvalue weighted by atomic mass is 10.0. The quantitative estimate of drug-likeness (QED) is 0.485. The van der Waals surface area contributed by atoms with Crippen molar-refractivity contribution in [2.45, 2.75) is 25.8 Å². The Morgan fingerprint density at radius 2 is 1.65 bits per heavy atom. The topological polar surface area (TPSA) is 59.0 Å². The van der Waals surface area contributed by atoms with Crippen LogP contribution in [0, 0.1) is 11.3 Å². The standard InChI is InChI=1S/C26H25N5/c27-17-21-13-14-25(24-12-6-5-11-23(21)24)31-16-8-2-7-15-30(31)19-22-18-28-29-26(22)20-9-3-1-4-10-20/h1,3-6,9-14,18H,2,7-8,15-16,19H2,(H,28,29). The fraction of sp³-hybridized carbons (Fsp3) is 0.231. The van der Waals surface area contributed by atoms with E-state index in [-0.39, 0.29) is 0 Å². The third-order valence-corrected chi connectivity index (χ3v) is 6.05. The van der Waals surface area contributed by atoms with Crippen molar-refractivity contribution >= 4 is 16.5 Å². The van der Waals surface area contributed by atoms with Gasteiger partial charge in [0.15, 0.2) is 0 Å². The highest BCUT2D eigenvalue weighted by Crippen LogP contribution is 2.33. The minimum atomic E-state index is 0.724. The molecule has 5 rings (SSSR count). The van der Waals surface area contributed by atoms with Crippen LogP contribution in [0.25, 0.3) is 22.0 Å². The van der Waals surface area contributed by atoms with Crippen molar-refractivity contribution in [3.8, 4) is 17.3 Å². The largest absolute Gasteiger partial charge is 0.305 e. The highest BCUT2D eigenvalue weighted by Gasteiger charge is 2.23. The zero-order chi connectivity index (χ0) is 21.0. The molecule has 0 amide bonds. The van der Waals surface area contributed by atoms with Crippen LogP contribution in [-0.4, -0.2) is 28.3 Å². The SMILES string of the molecule is N#Cc1ccc(N2CCCCCN2Cc2c[nH]nc2-c2ccccc2)c2ccccc12. The van der Waals surface area contributed by atoms with Crippen LogP contribution in [0.2, 0.25) is 0 Å². The molecule has 1 saturated heterocycles. The van der Waals surface area contributed by atoms with Crippen molar-refractivity contribution < 1.29 is 0 Å². The van der Waals surface area contributed by atoms with Crippen molar-refractivity contribution in [1.29, 1.82) is 5.26 Å². The van der Waals surface area contributed by atoms with E-state index in [0.29, 0.717) is 0 Å². The highest BCUT2D eigenvalue weighted by atomic mass is 15.6. The number of hydrazine groups is 1. The van der Waals surface area contributed by atoms with E-state index < -0.39 is 0 Å². The van der Waals surface area contributed by atoms with Gasteiger partial charge in [-0.2, -0.15) is 10.4 Å². The number of aromatic amines is 1. The smallest absolute Gasteiger partial charge is 0.0998 e. The summed E-state index contributed by atoms with van der Waals surface area (Å²) in [6.45, 7) is 2.75. The van der Waals surface area contributed by atoms with Gasteiger partial charge in [-0.15, -0.1) is 0 Å². The monoisotopic (exact) mass is 407 g/mol. The Kier molecular flexibility index (Phi) is 5.39. The molecule has 1 N–H and O–H groups in total. The number of nitriles is 1. The van der Waals surface area contributed by atoms with Crippen LogP contribution in [0.1, 0.15) is 30.4 Å². The fourth-order valence-corrected chi connectivity index (χ4v) is 4.52. The van der Waals surface area contributed by atoms with E-state index in [2.05, 4.69) is 68.7 Å². The van der Waals surface area contributed by atoms with Gasteiger partial charge in [-0.1, -0.05) is 61.0 Å². The number of benzene rings is 3. The Balaban J connectivity index is 1.53. The van der Waals surface area contributed by atoms with Crippen LogP contribution >= 0.6 is 0 Å². The summed E-state index contributed by atoms with van der Waals surface area (Å²) in [4.78, 5) is 0. The maximum absolute atomic E-state index is 9.56. The number of hydrogen-bond donors (Lipinski definition) is 1. The summed E-state index contributed by atoms with van der Waals surface area (Å²) >= 11 is 0. The summed E-state index contributed by atoms with van der Waals surface area (Å²) in [5.74, 6) is 0. The molecule has 1 aliphatic heterocycles. The molecule has 0 saturated carbocycles. The molecule has 154 valence electrons. The molecule has 1 aromatic heterocycles. The first-order chi connectivity index (χ1) is 15.3. The lowest BCUT2D eigenvalue weighted by Crippen LogP contribution is -2.42. The van der Waals surface area contributed by atoms with E-state index in [9.17, 15) is 5.26 Å². The average Bonchev–Trinajstić information content (AvgIpc) is 3.17. The zero-order valence-corrected chi connectivity index (χ0v) is 17.5. The predicted octanol–water partition coefficient (Wildman–Crippen LogP) is 5.51. The van der Waals surface area contributed by atoms with Crippen molar-refractivity contribution in [3.63, 3.8) is 0 Å². The van der Waals surface area contributed by atoms with E-state index in [4.69, 9.17) is 0 Å². The Hall–Kier alpha value is -3.62. The summed E-state index contributed by atoms with van der Waals surface area (Å²) in [5.41, 5.74) is 5.22. The molecular formula is C26H25N5. The Morgan fingerprint density at radius 3 is 2.48 bits per heavy atom. The molecule has 5 heteroatoms. The van der Waals surface area contributed by atoms with E-state index in [0.717, 1.165) is 53.6 Å². The zero-order valence-electron chi connectivity index (χ0n) is 17.5. The van der Waals surface area contributed by atoms with Gasteiger partial charge in [0.25, 0.3) is 0 Å². The molecule has 1 aliphatic rings. The highest BCUT2D eigenvalue weighted by molar-refractivity contribution is 5.97. The normalized spacial score (nSPS) is 15.0. The Labute approximate surface area is 182 Å². The van der Waals surface area contributed by atoms with E-state index in [1.165, 1.54) is 24.1 Å². The van der Waals surface area contributed by atoms with Gasteiger partial charge < -0.3 is 5.01 Å². The van der Waals surface area contributed by atoms with E-state index in [1.807, 2.05) is 30.5 Å². The van der Waals surface area contributed by atoms with Crippen LogP contribution in [0.5, 0.6) is 0 Å². The number of hydrogen-bond acceptors (Lipinski definition) is 4. The number of H-pyrrole nitrogens is 1. The average molecular weight is 408 g/mol. The Bertz CT molecular complexity index is 1220. The van der Waals surface area contributed by atoms with Crippen LogP contribution in [-0.2, 0) is 6.54 Å². The van der Waals surface area contributed by atoms with E-state index >= 15 is 0 Å². The number of nitrogens with one attached hydrogen (secondary N) is 1. The van der Waals surface area contributed by atoms with Gasteiger partial charge in [-0.25, -0.2) is 5.01 Å². The molecule has 4 aromatic rings. The predicted molar refractivity (Wildman–Crippen MR) is 124 cm³/mol. The minimum Gasteiger partial charge on any atom is -0.305 e. The second-order valence-electron chi connectivity index (χ2n) is 7.99. The molecule has 0 unspecified atom stereocenters. The second-order valence-corrected chi connectivity index (χ2v) is 7.99. The van der Waals surface area contributed by atoms with Gasteiger partial charge in [0.2, 0.25) is 0 Å². The number of anilines is 1. The lowest BCUT2D eigenvalue weighted by molar-refractivity contribution is 0.254. The number of fused-ring (bicyclic) bond motifs is 1. The first-order valence-corrected chi connectivity index (χ1v) is 10.9. The summed E-state index contributed by atoms with van der Waals surface area (Å²) in [7, 11) is 0. The number of rotatable bonds is 4. The third kappa shape index (κ3) is 3.78. The van der Waals surface area contributed by atoms with Crippen molar-refractivity contribution in [2.75, 3.05) is 18.1 Å². The van der Waals surface area contributed by atoms with Crippen LogP contribution in [0.3, 0.4) is 0 Å². The fourth-order valence-electron chi connectivity index (χ4n) is 4.52. The van der Waals surface area contributed by atoms with Gasteiger partial charge in [0.05, 0.1) is 23.0 Å². The minimum absolute atomic E-state index is 0.724. The third-order valence-electron chi connectivity index (χ3n) is 6.05. The van der Waals surface area contributed by atoms with Crippen molar-refractivity contribution in [1.82, 2.24) is 15.2 Å². The van der Waals surface area contributed by atoms with Gasteiger partial charge >= 0.3 is 0 Å². The van der Waals surface area contributed by atoms with Gasteiger partial charge in [0, 0.05) is 47.7 Å². The second kappa shape index (κ2) is 8.63. The van der Waals surface area contributed by atoms with E-state index in [1.54, 1.807) is 0 Å². The molecule has 5 nitrogen and oxygen atoms in total. The summed E-state index contributed by atoms with van der Waals surface area (Å²) in [6, 6.07) is 25.0. The molecule has 0 radical (unpaired) electrons. The van der Waals surface area contributed by atoms with Crippen LogP contribution < -0.4 is 5.01 Å². The maximum atomic E-state index is 9.56. The van der Waals surface area contributed by atoms with Gasteiger partial charge in [0.1, 0.15) is 0 Å². The summed E-state index contributed by atoms with van der Waals surface area (Å²) in [6.07, 6.45) is 5.56. The molecule has 0 aliphatic carbocycles.